The van der Waals surface area contributed by atoms with Gasteiger partial charge < -0.3 is 20.1 Å². The van der Waals surface area contributed by atoms with Crippen molar-refractivity contribution < 1.29 is 20.1 Å². The normalized spacial score (nSPS) is 29.3. The van der Waals surface area contributed by atoms with Gasteiger partial charge in [0.15, 0.2) is 6.23 Å². The molecule has 1 unspecified atom stereocenters. The number of aliphatic hydroxyl groups is 3. The van der Waals surface area contributed by atoms with E-state index < -0.39 is 48.8 Å². The van der Waals surface area contributed by atoms with Crippen molar-refractivity contribution in [1.82, 2.24) is 9.55 Å². The number of hydrogen-bond acceptors (Lipinski definition) is 6. The van der Waals surface area contributed by atoms with Gasteiger partial charge >= 0.3 is 5.69 Å². The topological polar surface area (TPSA) is 125 Å². The number of nitrogens with one attached hydrogen (secondary N) is 1. The Balaban J connectivity index is 2.45. The minimum atomic E-state index is -1.18. The molecule has 0 spiro atoms. The van der Waals surface area contributed by atoms with Crippen LogP contribution in [0.4, 0.5) is 0 Å². The molecular formula is C12H15BrN2O6. The van der Waals surface area contributed by atoms with Crippen LogP contribution in [-0.4, -0.2) is 50.3 Å². The van der Waals surface area contributed by atoms with Gasteiger partial charge in [-0.3, -0.25) is 14.3 Å². The number of aliphatic hydroxyl groups excluding tert-OH is 3. The van der Waals surface area contributed by atoms with E-state index in [-0.39, 0.29) is 5.56 Å². The fraction of sp³-hybridized carbons (Fsp3) is 0.500. The molecule has 4 N–H and O–H groups in total. The predicted molar refractivity (Wildman–Crippen MR) is 76.9 cm³/mol. The second kappa shape index (κ2) is 6.67. The van der Waals surface area contributed by atoms with Gasteiger partial charge in [0.05, 0.1) is 24.9 Å². The van der Waals surface area contributed by atoms with Gasteiger partial charge in [0.2, 0.25) is 0 Å². The zero-order valence-corrected chi connectivity index (χ0v) is 12.4. The number of hydrogen-bond donors (Lipinski definition) is 4. The Morgan fingerprint density at radius 1 is 1.38 bits per heavy atom. The number of aromatic amines is 1. The average Bonchev–Trinajstić information content (AvgIpc) is 2.78. The Morgan fingerprint density at radius 2 is 2.10 bits per heavy atom. The van der Waals surface area contributed by atoms with Crippen LogP contribution in [0.5, 0.6) is 0 Å². The van der Waals surface area contributed by atoms with E-state index in [0.717, 1.165) is 4.57 Å². The summed E-state index contributed by atoms with van der Waals surface area (Å²) in [7, 11) is 0. The molecule has 2 heterocycles. The van der Waals surface area contributed by atoms with E-state index in [0.29, 0.717) is 0 Å². The fourth-order valence-electron chi connectivity index (χ4n) is 2.30. The molecule has 0 amide bonds. The summed E-state index contributed by atoms with van der Waals surface area (Å²) in [6.07, 6.45) is -0.379. The van der Waals surface area contributed by atoms with E-state index in [1.165, 1.54) is 17.3 Å². The van der Waals surface area contributed by atoms with Crippen molar-refractivity contribution >= 4 is 22.0 Å². The molecule has 1 aromatic heterocycles. The van der Waals surface area contributed by atoms with E-state index in [1.807, 2.05) is 0 Å². The first-order valence-corrected chi connectivity index (χ1v) is 7.12. The third-order valence-corrected chi connectivity index (χ3v) is 3.69. The highest BCUT2D eigenvalue weighted by Gasteiger charge is 2.44. The molecule has 8 nitrogen and oxygen atoms in total. The SMILES string of the molecule is O=c1[nH]c(=O)n(C2O[C@H](CO)[C@H](CO)[C@H]2O)cc1/C=C/Br. The molecule has 1 aliphatic rings. The second-order valence-corrected chi connectivity index (χ2v) is 5.16. The third-order valence-electron chi connectivity index (χ3n) is 3.43. The fourth-order valence-corrected chi connectivity index (χ4v) is 2.59. The van der Waals surface area contributed by atoms with Crippen LogP contribution in [0.2, 0.25) is 0 Å². The molecule has 116 valence electrons. The Bertz CT molecular complexity index is 639. The van der Waals surface area contributed by atoms with E-state index >= 15 is 0 Å². The van der Waals surface area contributed by atoms with Crippen LogP contribution in [0.25, 0.3) is 6.08 Å². The molecule has 9 heteroatoms. The zero-order chi connectivity index (χ0) is 15.6. The molecule has 21 heavy (non-hydrogen) atoms. The standard InChI is InChI=1S/C12H15BrN2O6/c13-2-1-6-3-15(12(20)14-10(6)19)11-9(18)7(4-16)8(5-17)21-11/h1-3,7-9,11,16-18H,4-5H2,(H,14,19,20)/b2-1+/t7-,8+,9+,11?/m0/s1. The molecule has 0 radical (unpaired) electrons. The molecule has 0 aromatic carbocycles. The number of ether oxygens (including phenoxy) is 1. The first kappa shape index (κ1) is 16.1. The lowest BCUT2D eigenvalue weighted by Gasteiger charge is -2.18. The van der Waals surface area contributed by atoms with Gasteiger partial charge in [-0.1, -0.05) is 15.9 Å². The monoisotopic (exact) mass is 362 g/mol. The van der Waals surface area contributed by atoms with Crippen molar-refractivity contribution in [1.29, 1.82) is 0 Å². The molecule has 0 bridgehead atoms. The Labute approximate surface area is 127 Å². The first-order valence-electron chi connectivity index (χ1n) is 6.21. The molecule has 1 aromatic rings. The smallest absolute Gasteiger partial charge is 0.330 e. The summed E-state index contributed by atoms with van der Waals surface area (Å²) in [5.41, 5.74) is -1.13. The highest BCUT2D eigenvalue weighted by atomic mass is 79.9. The summed E-state index contributed by atoms with van der Waals surface area (Å²) in [6.45, 7) is -0.791. The van der Waals surface area contributed by atoms with Crippen LogP contribution in [0.1, 0.15) is 11.8 Å². The lowest BCUT2D eigenvalue weighted by Crippen LogP contribution is -2.37. The third kappa shape index (κ3) is 3.01. The van der Waals surface area contributed by atoms with Crippen LogP contribution in [0.15, 0.2) is 20.8 Å². The van der Waals surface area contributed by atoms with Crippen LogP contribution >= 0.6 is 15.9 Å². The van der Waals surface area contributed by atoms with Gasteiger partial charge in [0.1, 0.15) is 6.10 Å². The minimum Gasteiger partial charge on any atom is -0.396 e. The summed E-state index contributed by atoms with van der Waals surface area (Å²) in [6, 6.07) is 0. The lowest BCUT2D eigenvalue weighted by molar-refractivity contribution is -0.0539. The average molecular weight is 363 g/mol. The van der Waals surface area contributed by atoms with Crippen molar-refractivity contribution in [3.05, 3.63) is 37.6 Å². The largest absolute Gasteiger partial charge is 0.396 e. The van der Waals surface area contributed by atoms with Crippen LogP contribution in [0, 0.1) is 5.92 Å². The van der Waals surface area contributed by atoms with Crippen molar-refractivity contribution in [3.8, 4) is 0 Å². The van der Waals surface area contributed by atoms with Gasteiger partial charge in [0, 0.05) is 12.1 Å². The maximum atomic E-state index is 11.9. The molecule has 2 rings (SSSR count). The van der Waals surface area contributed by atoms with E-state index in [1.54, 1.807) is 0 Å². The molecular weight excluding hydrogens is 348 g/mol. The van der Waals surface area contributed by atoms with Crippen molar-refractivity contribution in [2.45, 2.75) is 18.4 Å². The predicted octanol–water partition coefficient (Wildman–Crippen LogP) is -1.24. The van der Waals surface area contributed by atoms with Gasteiger partial charge in [0.25, 0.3) is 5.56 Å². The minimum absolute atomic E-state index is 0.190. The summed E-state index contributed by atoms with van der Waals surface area (Å²) >= 11 is 3.03. The number of aromatic nitrogens is 2. The van der Waals surface area contributed by atoms with E-state index in [4.69, 9.17) is 4.74 Å². The van der Waals surface area contributed by atoms with Crippen LogP contribution < -0.4 is 11.2 Å². The highest BCUT2D eigenvalue weighted by Crippen LogP contribution is 2.32. The van der Waals surface area contributed by atoms with E-state index in [9.17, 15) is 24.9 Å². The maximum absolute atomic E-state index is 11.9. The lowest BCUT2D eigenvalue weighted by atomic mass is 9.99. The maximum Gasteiger partial charge on any atom is 0.330 e. The van der Waals surface area contributed by atoms with Gasteiger partial charge in [-0.25, -0.2) is 4.79 Å². The Kier molecular flexibility index (Phi) is 5.12. The molecule has 4 atom stereocenters. The molecule has 0 saturated carbocycles. The Hall–Kier alpha value is -1.26. The highest BCUT2D eigenvalue weighted by molar-refractivity contribution is 9.11. The molecule has 0 aliphatic carbocycles. The number of H-pyrrole nitrogens is 1. The summed E-state index contributed by atoms with van der Waals surface area (Å²) < 4.78 is 6.45. The van der Waals surface area contributed by atoms with Gasteiger partial charge in [-0.05, 0) is 11.1 Å². The van der Waals surface area contributed by atoms with Crippen molar-refractivity contribution in [3.63, 3.8) is 0 Å². The summed E-state index contributed by atoms with van der Waals surface area (Å²) in [4.78, 5) is 27.0. The molecule has 1 saturated heterocycles. The number of nitrogens with zero attached hydrogens (tertiary/aromatic N) is 1. The number of rotatable bonds is 4. The summed E-state index contributed by atoms with van der Waals surface area (Å²) in [5.74, 6) is -0.714. The Morgan fingerprint density at radius 3 is 2.62 bits per heavy atom. The summed E-state index contributed by atoms with van der Waals surface area (Å²) in [5, 5.41) is 28.6. The molecule has 1 fully saturated rings. The van der Waals surface area contributed by atoms with E-state index in [2.05, 4.69) is 20.9 Å². The second-order valence-electron chi connectivity index (χ2n) is 4.63. The van der Waals surface area contributed by atoms with Gasteiger partial charge in [-0.2, -0.15) is 0 Å². The van der Waals surface area contributed by atoms with Crippen molar-refractivity contribution in [2.24, 2.45) is 5.92 Å². The van der Waals surface area contributed by atoms with Gasteiger partial charge in [-0.15, -0.1) is 0 Å². The number of halogens is 1. The van der Waals surface area contributed by atoms with Crippen molar-refractivity contribution in [2.75, 3.05) is 13.2 Å². The first-order chi connectivity index (χ1) is 10.0. The molecule has 1 aliphatic heterocycles. The zero-order valence-electron chi connectivity index (χ0n) is 10.8. The van der Waals surface area contributed by atoms with Crippen LogP contribution in [-0.2, 0) is 4.74 Å². The van der Waals surface area contributed by atoms with Crippen LogP contribution in [0.3, 0.4) is 0 Å². The quantitative estimate of drug-likeness (QED) is 0.531.